The number of sulfone groups is 1. The molecular formula is C12H19NO3S. The molecule has 96 valence electrons. The molecule has 0 unspecified atom stereocenters. The first kappa shape index (κ1) is 14.0. The molecule has 1 rings (SSSR count). The fraction of sp³-hybridized carbons (Fsp3) is 0.500. The Hall–Kier alpha value is -1.07. The molecule has 4 nitrogen and oxygen atoms in total. The van der Waals surface area contributed by atoms with E-state index in [9.17, 15) is 13.5 Å². The predicted molar refractivity (Wildman–Crippen MR) is 68.8 cm³/mol. The molecule has 0 saturated carbocycles. The van der Waals surface area contributed by atoms with Crippen LogP contribution in [0.25, 0.3) is 0 Å². The molecule has 17 heavy (non-hydrogen) atoms. The highest BCUT2D eigenvalue weighted by molar-refractivity contribution is 7.91. The van der Waals surface area contributed by atoms with Crippen LogP contribution in [0.1, 0.15) is 18.9 Å². The van der Waals surface area contributed by atoms with E-state index in [0.717, 1.165) is 5.56 Å². The smallest absolute Gasteiger partial charge is 0.151 e. The van der Waals surface area contributed by atoms with Crippen molar-refractivity contribution in [2.45, 2.75) is 19.9 Å². The minimum atomic E-state index is -2.92. The number of benzene rings is 1. The Kier molecular flexibility index (Phi) is 5.44. The van der Waals surface area contributed by atoms with Gasteiger partial charge in [-0.1, -0.05) is 25.1 Å². The van der Waals surface area contributed by atoms with Crippen LogP contribution in [0.2, 0.25) is 0 Å². The Morgan fingerprint density at radius 3 is 2.59 bits per heavy atom. The number of para-hydroxylation sites is 1. The standard InChI is InChI=1S/C12H19NO3S/c1-2-8-17(15,16)9-7-13-10-11-5-3-4-6-12(11)14/h3-6,13-14H,2,7-10H2,1H3. The number of nitrogens with one attached hydrogen (secondary N) is 1. The molecule has 0 saturated heterocycles. The van der Waals surface area contributed by atoms with Gasteiger partial charge < -0.3 is 10.4 Å². The number of phenolic OH excluding ortho intramolecular Hbond substituents is 1. The first-order valence-corrected chi connectivity index (χ1v) is 7.55. The average Bonchev–Trinajstić information content (AvgIpc) is 2.26. The second kappa shape index (κ2) is 6.61. The molecule has 0 aromatic heterocycles. The molecule has 0 heterocycles. The maximum absolute atomic E-state index is 11.4. The summed E-state index contributed by atoms with van der Waals surface area (Å²) in [7, 11) is -2.92. The van der Waals surface area contributed by atoms with Crippen LogP contribution in [0.3, 0.4) is 0 Å². The lowest BCUT2D eigenvalue weighted by atomic mass is 10.2. The van der Waals surface area contributed by atoms with Crippen LogP contribution < -0.4 is 5.32 Å². The maximum atomic E-state index is 11.4. The lowest BCUT2D eigenvalue weighted by Crippen LogP contribution is -2.24. The SMILES string of the molecule is CCCS(=O)(=O)CCNCc1ccccc1O. The van der Waals surface area contributed by atoms with Crippen LogP contribution in [-0.2, 0) is 16.4 Å². The molecule has 2 N–H and O–H groups in total. The van der Waals surface area contributed by atoms with Gasteiger partial charge in [0.25, 0.3) is 0 Å². The number of hydrogen-bond acceptors (Lipinski definition) is 4. The molecule has 0 amide bonds. The monoisotopic (exact) mass is 257 g/mol. The Bertz CT molecular complexity index is 443. The van der Waals surface area contributed by atoms with Gasteiger partial charge in [-0.3, -0.25) is 0 Å². The van der Waals surface area contributed by atoms with Gasteiger partial charge in [-0.25, -0.2) is 8.42 Å². The Morgan fingerprint density at radius 1 is 1.24 bits per heavy atom. The number of aromatic hydroxyl groups is 1. The van der Waals surface area contributed by atoms with Gasteiger partial charge in [-0.05, 0) is 12.5 Å². The van der Waals surface area contributed by atoms with Gasteiger partial charge in [0.1, 0.15) is 5.75 Å². The lowest BCUT2D eigenvalue weighted by molar-refractivity contribution is 0.465. The highest BCUT2D eigenvalue weighted by Crippen LogP contribution is 2.14. The van der Waals surface area contributed by atoms with Crippen molar-refractivity contribution in [3.05, 3.63) is 29.8 Å². The maximum Gasteiger partial charge on any atom is 0.151 e. The first-order valence-electron chi connectivity index (χ1n) is 5.73. The first-order chi connectivity index (χ1) is 8.05. The van der Waals surface area contributed by atoms with E-state index in [1.807, 2.05) is 19.1 Å². The summed E-state index contributed by atoms with van der Waals surface area (Å²) >= 11 is 0. The zero-order chi connectivity index (χ0) is 12.7. The van der Waals surface area contributed by atoms with Crippen molar-refractivity contribution < 1.29 is 13.5 Å². The van der Waals surface area contributed by atoms with Crippen molar-refractivity contribution in [3.63, 3.8) is 0 Å². The van der Waals surface area contributed by atoms with Crippen molar-refractivity contribution in [2.75, 3.05) is 18.1 Å². The topological polar surface area (TPSA) is 66.4 Å². The normalized spacial score (nSPS) is 11.6. The molecule has 0 spiro atoms. The van der Waals surface area contributed by atoms with Crippen LogP contribution in [0, 0.1) is 0 Å². The zero-order valence-electron chi connectivity index (χ0n) is 10.0. The van der Waals surface area contributed by atoms with Crippen LogP contribution in [0.15, 0.2) is 24.3 Å². The van der Waals surface area contributed by atoms with Crippen LogP contribution in [0.5, 0.6) is 5.75 Å². The summed E-state index contributed by atoms with van der Waals surface area (Å²) in [6.07, 6.45) is 0.655. The average molecular weight is 257 g/mol. The van der Waals surface area contributed by atoms with Crippen molar-refractivity contribution in [2.24, 2.45) is 0 Å². The van der Waals surface area contributed by atoms with Gasteiger partial charge in [0.05, 0.1) is 5.75 Å². The fourth-order valence-electron chi connectivity index (χ4n) is 1.52. The van der Waals surface area contributed by atoms with Gasteiger partial charge in [0.2, 0.25) is 0 Å². The van der Waals surface area contributed by atoms with Gasteiger partial charge in [0, 0.05) is 24.4 Å². The van der Waals surface area contributed by atoms with E-state index < -0.39 is 9.84 Å². The van der Waals surface area contributed by atoms with E-state index in [1.54, 1.807) is 12.1 Å². The molecule has 1 aromatic carbocycles. The summed E-state index contributed by atoms with van der Waals surface area (Å²) in [5, 5.41) is 12.5. The summed E-state index contributed by atoms with van der Waals surface area (Å²) in [5.74, 6) is 0.621. The van der Waals surface area contributed by atoms with E-state index in [1.165, 1.54) is 0 Å². The predicted octanol–water partition coefficient (Wildman–Crippen LogP) is 1.31. The Labute approximate surface area is 103 Å². The highest BCUT2D eigenvalue weighted by atomic mass is 32.2. The quantitative estimate of drug-likeness (QED) is 0.723. The van der Waals surface area contributed by atoms with Crippen molar-refractivity contribution >= 4 is 9.84 Å². The van der Waals surface area contributed by atoms with E-state index in [2.05, 4.69) is 5.32 Å². The van der Waals surface area contributed by atoms with Crippen molar-refractivity contribution in [1.29, 1.82) is 0 Å². The van der Waals surface area contributed by atoms with E-state index >= 15 is 0 Å². The molecular weight excluding hydrogens is 238 g/mol. The second-order valence-corrected chi connectivity index (χ2v) is 6.26. The summed E-state index contributed by atoms with van der Waals surface area (Å²) < 4.78 is 22.8. The van der Waals surface area contributed by atoms with Gasteiger partial charge in [-0.15, -0.1) is 0 Å². The molecule has 0 aliphatic heterocycles. The Morgan fingerprint density at radius 2 is 1.94 bits per heavy atom. The summed E-state index contributed by atoms with van der Waals surface area (Å²) in [5.41, 5.74) is 0.778. The fourth-order valence-corrected chi connectivity index (χ4v) is 2.81. The second-order valence-electron chi connectivity index (χ2n) is 3.96. The Balaban J connectivity index is 2.32. The van der Waals surface area contributed by atoms with Crippen molar-refractivity contribution in [1.82, 2.24) is 5.32 Å². The third-order valence-electron chi connectivity index (χ3n) is 2.41. The third kappa shape index (κ3) is 5.19. The largest absolute Gasteiger partial charge is 0.508 e. The molecule has 0 bridgehead atoms. The third-order valence-corrected chi connectivity index (χ3v) is 4.27. The molecule has 0 aliphatic rings. The molecule has 0 fully saturated rings. The minimum Gasteiger partial charge on any atom is -0.508 e. The molecule has 0 aliphatic carbocycles. The van der Waals surface area contributed by atoms with Gasteiger partial charge in [-0.2, -0.15) is 0 Å². The van der Waals surface area contributed by atoms with Crippen LogP contribution in [0.4, 0.5) is 0 Å². The van der Waals surface area contributed by atoms with Gasteiger partial charge in [0.15, 0.2) is 9.84 Å². The van der Waals surface area contributed by atoms with E-state index in [0.29, 0.717) is 19.5 Å². The minimum absolute atomic E-state index is 0.147. The number of phenols is 1. The molecule has 1 aromatic rings. The molecule has 0 radical (unpaired) electrons. The van der Waals surface area contributed by atoms with Crippen LogP contribution in [-0.4, -0.2) is 31.6 Å². The number of hydrogen-bond donors (Lipinski definition) is 2. The van der Waals surface area contributed by atoms with E-state index in [4.69, 9.17) is 0 Å². The lowest BCUT2D eigenvalue weighted by Gasteiger charge is -2.07. The van der Waals surface area contributed by atoms with E-state index in [-0.39, 0.29) is 17.3 Å². The number of rotatable bonds is 7. The zero-order valence-corrected chi connectivity index (χ0v) is 10.8. The van der Waals surface area contributed by atoms with Crippen LogP contribution >= 0.6 is 0 Å². The molecule has 0 atom stereocenters. The summed E-state index contributed by atoms with van der Waals surface area (Å²) in [6, 6.07) is 7.02. The highest BCUT2D eigenvalue weighted by Gasteiger charge is 2.08. The summed E-state index contributed by atoms with van der Waals surface area (Å²) in [6.45, 7) is 2.75. The molecule has 5 heteroatoms. The van der Waals surface area contributed by atoms with Crippen molar-refractivity contribution in [3.8, 4) is 5.75 Å². The van der Waals surface area contributed by atoms with Gasteiger partial charge >= 0.3 is 0 Å². The summed E-state index contributed by atoms with van der Waals surface area (Å²) in [4.78, 5) is 0.